The lowest BCUT2D eigenvalue weighted by atomic mass is 10.1. The molecule has 19 heavy (non-hydrogen) atoms. The number of rotatable bonds is 5. The summed E-state index contributed by atoms with van der Waals surface area (Å²) in [5, 5.41) is 8.81. The van der Waals surface area contributed by atoms with Crippen LogP contribution in [0.1, 0.15) is 29.6 Å². The summed E-state index contributed by atoms with van der Waals surface area (Å²) in [6.45, 7) is 0. The molecule has 1 saturated carbocycles. The van der Waals surface area contributed by atoms with Crippen molar-refractivity contribution in [2.75, 3.05) is 11.9 Å². The van der Waals surface area contributed by atoms with E-state index in [1.165, 1.54) is 17.0 Å². The van der Waals surface area contributed by atoms with E-state index in [1.54, 1.807) is 19.2 Å². The van der Waals surface area contributed by atoms with Gasteiger partial charge in [0.05, 0.1) is 5.56 Å². The van der Waals surface area contributed by atoms with Crippen LogP contribution in [0.2, 0.25) is 0 Å². The Morgan fingerprint density at radius 3 is 2.42 bits per heavy atom. The first kappa shape index (κ1) is 13.5. The minimum Gasteiger partial charge on any atom is -0.478 e. The van der Waals surface area contributed by atoms with Gasteiger partial charge in [-0.25, -0.2) is 4.79 Å². The van der Waals surface area contributed by atoms with Gasteiger partial charge in [0.1, 0.15) is 0 Å². The van der Waals surface area contributed by atoms with Crippen molar-refractivity contribution in [3.8, 4) is 0 Å². The van der Waals surface area contributed by atoms with E-state index in [-0.39, 0.29) is 17.5 Å². The van der Waals surface area contributed by atoms with Gasteiger partial charge in [-0.1, -0.05) is 0 Å². The lowest BCUT2D eigenvalue weighted by Crippen LogP contribution is -2.34. The monoisotopic (exact) mass is 262 g/mol. The van der Waals surface area contributed by atoms with Crippen LogP contribution >= 0.6 is 0 Å². The number of anilines is 1. The van der Waals surface area contributed by atoms with Crippen molar-refractivity contribution >= 4 is 17.6 Å². The SMILES string of the molecule is CN(C(=O)CC(N)C1CC1)c1ccc(C(=O)O)cc1. The van der Waals surface area contributed by atoms with E-state index in [0.717, 1.165) is 12.8 Å². The van der Waals surface area contributed by atoms with Crippen LogP contribution in [-0.4, -0.2) is 30.1 Å². The first-order chi connectivity index (χ1) is 8.99. The number of nitrogens with two attached hydrogens (primary N) is 1. The zero-order valence-electron chi connectivity index (χ0n) is 10.9. The second-order valence-corrected chi connectivity index (χ2v) is 5.01. The first-order valence-electron chi connectivity index (χ1n) is 6.34. The summed E-state index contributed by atoms with van der Waals surface area (Å²) >= 11 is 0. The van der Waals surface area contributed by atoms with E-state index in [2.05, 4.69) is 0 Å². The summed E-state index contributed by atoms with van der Waals surface area (Å²) in [7, 11) is 1.68. The molecule has 0 aliphatic heterocycles. The highest BCUT2D eigenvalue weighted by Gasteiger charge is 2.30. The normalized spacial score (nSPS) is 15.9. The molecule has 0 heterocycles. The van der Waals surface area contributed by atoms with Crippen LogP contribution in [0.15, 0.2) is 24.3 Å². The smallest absolute Gasteiger partial charge is 0.335 e. The maximum atomic E-state index is 12.0. The van der Waals surface area contributed by atoms with Gasteiger partial charge in [0, 0.05) is 25.2 Å². The molecule has 1 atom stereocenters. The second kappa shape index (κ2) is 5.40. The van der Waals surface area contributed by atoms with Gasteiger partial charge in [0.2, 0.25) is 5.91 Å². The lowest BCUT2D eigenvalue weighted by molar-refractivity contribution is -0.118. The molecule has 0 bridgehead atoms. The third kappa shape index (κ3) is 3.32. The Hall–Kier alpha value is -1.88. The van der Waals surface area contributed by atoms with Crippen LogP contribution < -0.4 is 10.6 Å². The van der Waals surface area contributed by atoms with Gasteiger partial charge in [0.15, 0.2) is 0 Å². The highest BCUT2D eigenvalue weighted by atomic mass is 16.4. The Kier molecular flexibility index (Phi) is 3.85. The van der Waals surface area contributed by atoms with Crippen LogP contribution in [0.4, 0.5) is 5.69 Å². The molecule has 102 valence electrons. The topological polar surface area (TPSA) is 83.6 Å². The molecule has 2 rings (SSSR count). The number of hydrogen-bond acceptors (Lipinski definition) is 3. The predicted molar refractivity (Wildman–Crippen MR) is 72.1 cm³/mol. The molecule has 1 aliphatic carbocycles. The number of carboxylic acid groups (broad SMARTS) is 1. The molecule has 0 saturated heterocycles. The lowest BCUT2D eigenvalue weighted by Gasteiger charge is -2.19. The number of carbonyl (C=O) groups excluding carboxylic acids is 1. The van der Waals surface area contributed by atoms with Crippen molar-refractivity contribution in [2.24, 2.45) is 11.7 Å². The van der Waals surface area contributed by atoms with Crippen LogP contribution in [0.25, 0.3) is 0 Å². The van der Waals surface area contributed by atoms with Gasteiger partial charge >= 0.3 is 5.97 Å². The number of carbonyl (C=O) groups is 2. The Bertz CT molecular complexity index is 480. The van der Waals surface area contributed by atoms with E-state index in [4.69, 9.17) is 10.8 Å². The van der Waals surface area contributed by atoms with Crippen molar-refractivity contribution in [1.82, 2.24) is 0 Å². The number of carboxylic acids is 1. The third-order valence-corrected chi connectivity index (χ3v) is 3.51. The molecule has 3 N–H and O–H groups in total. The zero-order valence-corrected chi connectivity index (χ0v) is 10.9. The summed E-state index contributed by atoms with van der Waals surface area (Å²) in [6.07, 6.45) is 2.57. The van der Waals surface area contributed by atoms with Crippen molar-refractivity contribution in [3.05, 3.63) is 29.8 Å². The Morgan fingerprint density at radius 1 is 1.37 bits per heavy atom. The molecule has 1 fully saturated rings. The number of amides is 1. The molecular weight excluding hydrogens is 244 g/mol. The van der Waals surface area contributed by atoms with Crippen molar-refractivity contribution < 1.29 is 14.7 Å². The van der Waals surface area contributed by atoms with Crippen LogP contribution in [0.3, 0.4) is 0 Å². The average Bonchev–Trinajstić information content (AvgIpc) is 3.22. The van der Waals surface area contributed by atoms with Gasteiger partial charge in [0.25, 0.3) is 0 Å². The fraction of sp³-hybridized carbons (Fsp3) is 0.429. The fourth-order valence-electron chi connectivity index (χ4n) is 2.00. The third-order valence-electron chi connectivity index (χ3n) is 3.51. The largest absolute Gasteiger partial charge is 0.478 e. The highest BCUT2D eigenvalue weighted by Crippen LogP contribution is 2.33. The molecule has 1 aromatic rings. The second-order valence-electron chi connectivity index (χ2n) is 5.01. The fourth-order valence-corrected chi connectivity index (χ4v) is 2.00. The standard InChI is InChI=1S/C14H18N2O3/c1-16(13(17)8-12(15)9-2-3-9)11-6-4-10(5-7-11)14(18)19/h4-7,9,12H,2-3,8,15H2,1H3,(H,18,19). The van der Waals surface area contributed by atoms with Gasteiger partial charge in [-0.3, -0.25) is 4.79 Å². The maximum Gasteiger partial charge on any atom is 0.335 e. The highest BCUT2D eigenvalue weighted by molar-refractivity contribution is 5.94. The van der Waals surface area contributed by atoms with Crippen LogP contribution in [0, 0.1) is 5.92 Å². The average molecular weight is 262 g/mol. The molecule has 1 unspecified atom stereocenters. The molecule has 5 heteroatoms. The van der Waals surface area contributed by atoms with Crippen molar-refractivity contribution in [2.45, 2.75) is 25.3 Å². The molecule has 0 radical (unpaired) electrons. The van der Waals surface area contributed by atoms with Gasteiger partial charge < -0.3 is 15.7 Å². The van der Waals surface area contributed by atoms with Crippen molar-refractivity contribution in [1.29, 1.82) is 0 Å². The van der Waals surface area contributed by atoms with Gasteiger partial charge in [-0.15, -0.1) is 0 Å². The molecule has 5 nitrogen and oxygen atoms in total. The number of nitrogens with zero attached hydrogens (tertiary/aromatic N) is 1. The molecule has 1 aliphatic rings. The number of aromatic carboxylic acids is 1. The Labute approximate surface area is 112 Å². The summed E-state index contributed by atoms with van der Waals surface area (Å²) in [5.41, 5.74) is 6.82. The van der Waals surface area contributed by atoms with Gasteiger partial charge in [-0.2, -0.15) is 0 Å². The molecule has 1 amide bonds. The molecular formula is C14H18N2O3. The number of benzene rings is 1. The van der Waals surface area contributed by atoms with E-state index in [0.29, 0.717) is 18.0 Å². The first-order valence-corrected chi connectivity index (χ1v) is 6.34. The van der Waals surface area contributed by atoms with Gasteiger partial charge in [-0.05, 0) is 43.0 Å². The van der Waals surface area contributed by atoms with E-state index in [9.17, 15) is 9.59 Å². The zero-order chi connectivity index (χ0) is 14.0. The summed E-state index contributed by atoms with van der Waals surface area (Å²) in [4.78, 5) is 24.3. The van der Waals surface area contributed by atoms with E-state index >= 15 is 0 Å². The van der Waals surface area contributed by atoms with Crippen molar-refractivity contribution in [3.63, 3.8) is 0 Å². The number of hydrogen-bond donors (Lipinski definition) is 2. The minimum atomic E-state index is -0.976. The minimum absolute atomic E-state index is 0.0394. The summed E-state index contributed by atoms with van der Waals surface area (Å²) < 4.78 is 0. The van der Waals surface area contributed by atoms with E-state index < -0.39 is 5.97 Å². The predicted octanol–water partition coefficient (Wildman–Crippen LogP) is 1.47. The van der Waals surface area contributed by atoms with Crippen LogP contribution in [-0.2, 0) is 4.79 Å². The summed E-state index contributed by atoms with van der Waals surface area (Å²) in [5.74, 6) is -0.523. The quantitative estimate of drug-likeness (QED) is 0.841. The molecule has 0 aromatic heterocycles. The Balaban J connectivity index is 1.99. The van der Waals surface area contributed by atoms with E-state index in [1.807, 2.05) is 0 Å². The summed E-state index contributed by atoms with van der Waals surface area (Å²) in [6, 6.07) is 6.17. The molecule has 1 aromatic carbocycles. The molecule has 0 spiro atoms. The van der Waals surface area contributed by atoms with Crippen LogP contribution in [0.5, 0.6) is 0 Å². The Morgan fingerprint density at radius 2 is 1.95 bits per heavy atom. The maximum absolute atomic E-state index is 12.0.